The molecule has 1 aliphatic rings. The van der Waals surface area contributed by atoms with E-state index in [1.54, 1.807) is 0 Å². The van der Waals surface area contributed by atoms with Gasteiger partial charge in [-0.15, -0.1) is 0 Å². The van der Waals surface area contributed by atoms with Crippen molar-refractivity contribution in [3.05, 3.63) is 0 Å². The highest BCUT2D eigenvalue weighted by Crippen LogP contribution is 2.18. The molecule has 5 nitrogen and oxygen atoms in total. The molecule has 0 heterocycles. The molecule has 0 saturated heterocycles. The number of methoxy groups -OCH3 is 1. The Bertz CT molecular complexity index is 252. The highest BCUT2D eigenvalue weighted by atomic mass is 16.5. The van der Waals surface area contributed by atoms with Gasteiger partial charge in [-0.1, -0.05) is 6.92 Å². The van der Waals surface area contributed by atoms with Gasteiger partial charge in [0.15, 0.2) is 0 Å². The molecule has 1 saturated carbocycles. The number of ether oxygens (including phenoxy) is 1. The number of hydrogen-bond acceptors (Lipinski definition) is 4. The summed E-state index contributed by atoms with van der Waals surface area (Å²) < 4.78 is 4.59. The van der Waals surface area contributed by atoms with Gasteiger partial charge in [-0.25, -0.2) is 0 Å². The minimum absolute atomic E-state index is 0.000136. The fourth-order valence-corrected chi connectivity index (χ4v) is 1.48. The van der Waals surface area contributed by atoms with E-state index in [1.165, 1.54) is 7.11 Å². The van der Waals surface area contributed by atoms with E-state index in [4.69, 9.17) is 0 Å². The van der Waals surface area contributed by atoms with Crippen molar-refractivity contribution in [1.29, 1.82) is 0 Å². The van der Waals surface area contributed by atoms with Crippen LogP contribution in [0.25, 0.3) is 0 Å². The topological polar surface area (TPSA) is 58.6 Å². The third-order valence-electron chi connectivity index (χ3n) is 2.43. The summed E-state index contributed by atoms with van der Waals surface area (Å²) in [5.74, 6) is -0.299. The highest BCUT2D eigenvalue weighted by Gasteiger charge is 2.24. The number of esters is 1. The predicted octanol–water partition coefficient (Wildman–Crippen LogP) is 0.150. The summed E-state index contributed by atoms with van der Waals surface area (Å²) in [6.45, 7) is 3.21. The number of rotatable bonds is 7. The summed E-state index contributed by atoms with van der Waals surface area (Å²) >= 11 is 0. The Labute approximate surface area is 96.1 Å². The number of nitrogens with one attached hydrogen (secondary N) is 1. The molecule has 0 spiro atoms. The van der Waals surface area contributed by atoms with E-state index in [1.807, 2.05) is 11.8 Å². The van der Waals surface area contributed by atoms with Crippen LogP contribution in [0.4, 0.5) is 0 Å². The summed E-state index contributed by atoms with van der Waals surface area (Å²) in [5.41, 5.74) is 0. The molecule has 16 heavy (non-hydrogen) atoms. The van der Waals surface area contributed by atoms with E-state index in [-0.39, 0.29) is 25.0 Å². The first-order valence-electron chi connectivity index (χ1n) is 5.74. The molecular formula is C11H20N2O3. The standard InChI is InChI=1S/C11H20N2O3/c1-3-6-13(8-11(15)16-2)7-10(14)12-9-4-5-9/h9H,3-8H2,1-2H3,(H,12,14). The zero-order valence-corrected chi connectivity index (χ0v) is 9.99. The molecule has 0 aromatic heterocycles. The lowest BCUT2D eigenvalue weighted by atomic mass is 10.3. The van der Waals surface area contributed by atoms with Crippen LogP contribution in [0.3, 0.4) is 0 Å². The number of carbonyl (C=O) groups is 2. The third kappa shape index (κ3) is 5.11. The van der Waals surface area contributed by atoms with Crippen molar-refractivity contribution < 1.29 is 14.3 Å². The number of hydrogen-bond donors (Lipinski definition) is 1. The lowest BCUT2D eigenvalue weighted by Gasteiger charge is -2.19. The van der Waals surface area contributed by atoms with Gasteiger partial charge in [-0.05, 0) is 25.8 Å². The van der Waals surface area contributed by atoms with E-state index >= 15 is 0 Å². The first kappa shape index (κ1) is 13.0. The van der Waals surface area contributed by atoms with Crippen molar-refractivity contribution in [2.75, 3.05) is 26.7 Å². The van der Waals surface area contributed by atoms with Gasteiger partial charge < -0.3 is 10.1 Å². The van der Waals surface area contributed by atoms with Gasteiger partial charge in [0, 0.05) is 6.04 Å². The number of amides is 1. The smallest absolute Gasteiger partial charge is 0.319 e. The van der Waals surface area contributed by atoms with Crippen molar-refractivity contribution in [2.24, 2.45) is 0 Å². The van der Waals surface area contributed by atoms with Crippen molar-refractivity contribution in [3.8, 4) is 0 Å². The average Bonchev–Trinajstić information content (AvgIpc) is 3.01. The second-order valence-electron chi connectivity index (χ2n) is 4.13. The Morgan fingerprint density at radius 1 is 1.38 bits per heavy atom. The maximum Gasteiger partial charge on any atom is 0.319 e. The van der Waals surface area contributed by atoms with Crippen molar-refractivity contribution in [2.45, 2.75) is 32.2 Å². The van der Waals surface area contributed by atoms with Crippen molar-refractivity contribution >= 4 is 11.9 Å². The zero-order chi connectivity index (χ0) is 12.0. The lowest BCUT2D eigenvalue weighted by molar-refractivity contribution is -0.142. The molecule has 0 unspecified atom stereocenters. The minimum Gasteiger partial charge on any atom is -0.468 e. The molecule has 0 atom stereocenters. The Balaban J connectivity index is 2.29. The summed E-state index contributed by atoms with van der Waals surface area (Å²) in [5, 5.41) is 2.90. The Hall–Kier alpha value is -1.10. The predicted molar refractivity (Wildman–Crippen MR) is 59.9 cm³/mol. The minimum atomic E-state index is -0.298. The van der Waals surface area contributed by atoms with Crippen LogP contribution in [0.2, 0.25) is 0 Å². The first-order chi connectivity index (χ1) is 7.65. The molecule has 0 radical (unpaired) electrons. The van der Waals surface area contributed by atoms with Gasteiger partial charge in [0.2, 0.25) is 5.91 Å². The van der Waals surface area contributed by atoms with Crippen LogP contribution in [-0.4, -0.2) is 49.6 Å². The third-order valence-corrected chi connectivity index (χ3v) is 2.43. The fraction of sp³-hybridized carbons (Fsp3) is 0.818. The van der Waals surface area contributed by atoms with Gasteiger partial charge in [0.05, 0.1) is 20.2 Å². The van der Waals surface area contributed by atoms with Crippen molar-refractivity contribution in [3.63, 3.8) is 0 Å². The molecule has 0 aromatic rings. The molecule has 1 amide bonds. The average molecular weight is 228 g/mol. The molecule has 0 aromatic carbocycles. The lowest BCUT2D eigenvalue weighted by Crippen LogP contribution is -2.41. The van der Waals surface area contributed by atoms with Gasteiger partial charge in [0.1, 0.15) is 0 Å². The highest BCUT2D eigenvalue weighted by molar-refractivity contribution is 5.79. The summed E-state index contributed by atoms with van der Waals surface area (Å²) in [7, 11) is 1.36. The zero-order valence-electron chi connectivity index (χ0n) is 9.99. The van der Waals surface area contributed by atoms with Crippen LogP contribution in [-0.2, 0) is 14.3 Å². The summed E-state index contributed by atoms with van der Waals surface area (Å²) in [6, 6.07) is 0.370. The van der Waals surface area contributed by atoms with Gasteiger partial charge >= 0.3 is 5.97 Å². The van der Waals surface area contributed by atoms with Crippen LogP contribution in [0.1, 0.15) is 26.2 Å². The summed E-state index contributed by atoms with van der Waals surface area (Å²) in [4.78, 5) is 24.5. The molecule has 1 fully saturated rings. The molecule has 1 aliphatic carbocycles. The first-order valence-corrected chi connectivity index (χ1v) is 5.74. The maximum atomic E-state index is 11.5. The molecule has 1 rings (SSSR count). The van der Waals surface area contributed by atoms with E-state index in [9.17, 15) is 9.59 Å². The van der Waals surface area contributed by atoms with Crippen LogP contribution in [0.5, 0.6) is 0 Å². The molecule has 0 bridgehead atoms. The Morgan fingerprint density at radius 2 is 2.06 bits per heavy atom. The van der Waals surface area contributed by atoms with Crippen LogP contribution < -0.4 is 5.32 Å². The van der Waals surface area contributed by atoms with Gasteiger partial charge in [0.25, 0.3) is 0 Å². The fourth-order valence-electron chi connectivity index (χ4n) is 1.48. The molecule has 92 valence electrons. The normalized spacial score (nSPS) is 14.9. The van der Waals surface area contributed by atoms with Crippen molar-refractivity contribution in [1.82, 2.24) is 10.2 Å². The quantitative estimate of drug-likeness (QED) is 0.630. The number of nitrogens with zero attached hydrogens (tertiary/aromatic N) is 1. The molecule has 1 N–H and O–H groups in total. The maximum absolute atomic E-state index is 11.5. The van der Waals surface area contributed by atoms with E-state index in [0.29, 0.717) is 6.04 Å². The number of carbonyl (C=O) groups excluding carboxylic acids is 2. The van der Waals surface area contributed by atoms with Gasteiger partial charge in [-0.3, -0.25) is 14.5 Å². The Morgan fingerprint density at radius 3 is 2.56 bits per heavy atom. The molecular weight excluding hydrogens is 208 g/mol. The monoisotopic (exact) mass is 228 g/mol. The Kier molecular flexibility index (Phi) is 5.25. The van der Waals surface area contributed by atoms with Crippen LogP contribution in [0, 0.1) is 0 Å². The SMILES string of the molecule is CCCN(CC(=O)NC1CC1)CC(=O)OC. The van der Waals surface area contributed by atoms with Crippen LogP contribution in [0.15, 0.2) is 0 Å². The molecule has 5 heteroatoms. The second-order valence-corrected chi connectivity index (χ2v) is 4.13. The van der Waals surface area contributed by atoms with E-state index in [0.717, 1.165) is 25.8 Å². The van der Waals surface area contributed by atoms with Crippen LogP contribution >= 0.6 is 0 Å². The largest absolute Gasteiger partial charge is 0.468 e. The van der Waals surface area contributed by atoms with E-state index < -0.39 is 0 Å². The summed E-state index contributed by atoms with van der Waals surface area (Å²) in [6.07, 6.45) is 3.07. The van der Waals surface area contributed by atoms with E-state index in [2.05, 4.69) is 10.1 Å². The second kappa shape index (κ2) is 6.48. The molecule has 0 aliphatic heterocycles. The van der Waals surface area contributed by atoms with Gasteiger partial charge in [-0.2, -0.15) is 0 Å².